The van der Waals surface area contributed by atoms with Gasteiger partial charge in [0.2, 0.25) is 0 Å². The highest BCUT2D eigenvalue weighted by Gasteiger charge is 2.51. The minimum atomic E-state index is -0.558. The molecule has 3 atom stereocenters. The molecule has 1 amide bonds. The number of aromatic nitrogens is 1. The first kappa shape index (κ1) is 13.5. The van der Waals surface area contributed by atoms with Gasteiger partial charge in [0.1, 0.15) is 23.9 Å². The molecule has 0 radical (unpaired) electrons. The molecule has 2 saturated heterocycles. The van der Waals surface area contributed by atoms with Crippen LogP contribution in [-0.4, -0.2) is 36.6 Å². The van der Waals surface area contributed by atoms with E-state index in [0.717, 1.165) is 0 Å². The van der Waals surface area contributed by atoms with Gasteiger partial charge in [0, 0.05) is 6.07 Å². The van der Waals surface area contributed by atoms with E-state index < -0.39 is 11.7 Å². The summed E-state index contributed by atoms with van der Waals surface area (Å²) in [6, 6.07) is 3.48. The van der Waals surface area contributed by atoms with Gasteiger partial charge in [-0.15, -0.1) is 0 Å². The molecule has 3 heterocycles. The molecule has 0 unspecified atom stereocenters. The van der Waals surface area contributed by atoms with Crippen molar-refractivity contribution in [3.63, 3.8) is 0 Å². The van der Waals surface area contributed by atoms with E-state index in [1.54, 1.807) is 18.3 Å². The largest absolute Gasteiger partial charge is 0.366 e. The lowest BCUT2D eigenvalue weighted by atomic mass is 10.1. The van der Waals surface area contributed by atoms with Crippen LogP contribution in [0.15, 0.2) is 24.5 Å². The van der Waals surface area contributed by atoms with Crippen molar-refractivity contribution < 1.29 is 23.6 Å². The third-order valence-electron chi connectivity index (χ3n) is 3.60. The van der Waals surface area contributed by atoms with E-state index in [1.807, 2.05) is 24.6 Å². The van der Waals surface area contributed by atoms with Gasteiger partial charge >= 0.3 is 0 Å². The molecule has 20 heavy (non-hydrogen) atoms. The number of primary amides is 1. The zero-order valence-electron chi connectivity index (χ0n) is 11.6. The van der Waals surface area contributed by atoms with Crippen molar-refractivity contribution in [2.24, 2.45) is 5.73 Å². The molecule has 2 aliphatic rings. The molecular weight excluding hydrogens is 260 g/mol. The zero-order chi connectivity index (χ0) is 14.3. The number of ether oxygens (including phenoxy) is 3. The summed E-state index contributed by atoms with van der Waals surface area (Å²) in [5.74, 6) is -0.997. The maximum absolute atomic E-state index is 11.2. The second-order valence-corrected chi connectivity index (χ2v) is 5.66. The van der Waals surface area contributed by atoms with Crippen LogP contribution in [0.2, 0.25) is 0 Å². The van der Waals surface area contributed by atoms with Gasteiger partial charge in [0.25, 0.3) is 5.91 Å². The third-order valence-corrected chi connectivity index (χ3v) is 3.60. The number of fused-ring (bicyclic) bond motifs is 1. The maximum Gasteiger partial charge on any atom is 0.254 e. The molecule has 1 aromatic rings. The Balaban J connectivity index is 1.72. The Morgan fingerprint density at radius 2 is 2.30 bits per heavy atom. The van der Waals surface area contributed by atoms with Crippen LogP contribution in [0.5, 0.6) is 0 Å². The van der Waals surface area contributed by atoms with Crippen molar-refractivity contribution in [3.05, 3.63) is 30.1 Å². The molecule has 0 spiro atoms. The lowest BCUT2D eigenvalue weighted by Crippen LogP contribution is -2.45. The molecule has 108 valence electrons. The number of carbonyl (C=O) groups excluding carboxylic acids is 1. The van der Waals surface area contributed by atoms with Gasteiger partial charge in [-0.2, -0.15) is 0 Å². The molecule has 0 saturated carbocycles. The highest BCUT2D eigenvalue weighted by atomic mass is 16.8. The predicted octanol–water partition coefficient (Wildman–Crippen LogP) is -0.00810. The first-order valence-corrected chi connectivity index (χ1v) is 6.71. The van der Waals surface area contributed by atoms with Crippen LogP contribution in [-0.2, 0) is 20.8 Å². The van der Waals surface area contributed by atoms with Crippen molar-refractivity contribution in [1.29, 1.82) is 0 Å². The number of hydrogen-bond acceptors (Lipinski definition) is 4. The van der Waals surface area contributed by atoms with E-state index in [1.165, 1.54) is 0 Å². The molecular formula is C14H19N2O4+. The Morgan fingerprint density at radius 3 is 3.05 bits per heavy atom. The predicted molar refractivity (Wildman–Crippen MR) is 68.7 cm³/mol. The number of hydrogen-bond donors (Lipinski definition) is 1. The van der Waals surface area contributed by atoms with Crippen molar-refractivity contribution in [1.82, 2.24) is 0 Å². The van der Waals surface area contributed by atoms with Crippen LogP contribution < -0.4 is 10.3 Å². The molecule has 3 rings (SSSR count). The average molecular weight is 279 g/mol. The van der Waals surface area contributed by atoms with E-state index in [9.17, 15) is 4.79 Å². The summed E-state index contributed by atoms with van der Waals surface area (Å²) in [6.07, 6.45) is 3.42. The van der Waals surface area contributed by atoms with E-state index in [4.69, 9.17) is 19.9 Å². The fraction of sp³-hybridized carbons (Fsp3) is 0.571. The van der Waals surface area contributed by atoms with Crippen LogP contribution in [0.1, 0.15) is 24.2 Å². The van der Waals surface area contributed by atoms with E-state index in [0.29, 0.717) is 18.7 Å². The minimum absolute atomic E-state index is 0.0186. The standard InChI is InChI=1S/C14H18N2O4/c1-14(2)19-11-8-18-10(12(11)20-14)7-16-5-3-4-9(6-16)13(15)17/h3-6,10-12H,7-8H2,1-2H3,(H-,15,17)/p+1/t10-,11+,12-/m1/s1. The minimum Gasteiger partial charge on any atom is -0.366 e. The molecule has 0 bridgehead atoms. The molecule has 6 nitrogen and oxygen atoms in total. The quantitative estimate of drug-likeness (QED) is 0.790. The summed E-state index contributed by atoms with van der Waals surface area (Å²) in [4.78, 5) is 11.2. The Bertz CT molecular complexity index is 532. The van der Waals surface area contributed by atoms with Crippen LogP contribution in [0, 0.1) is 0 Å². The summed E-state index contributed by atoms with van der Waals surface area (Å²) in [5.41, 5.74) is 5.76. The summed E-state index contributed by atoms with van der Waals surface area (Å²) in [6.45, 7) is 4.95. The van der Waals surface area contributed by atoms with Crippen LogP contribution in [0.25, 0.3) is 0 Å². The number of carbonyl (C=O) groups is 1. The Hall–Kier alpha value is -1.50. The highest BCUT2D eigenvalue weighted by Crippen LogP contribution is 2.35. The van der Waals surface area contributed by atoms with Gasteiger partial charge in [-0.25, -0.2) is 4.57 Å². The number of amides is 1. The number of nitrogens with zero attached hydrogens (tertiary/aromatic N) is 1. The molecule has 0 aromatic carbocycles. The van der Waals surface area contributed by atoms with Gasteiger partial charge in [-0.3, -0.25) is 4.79 Å². The molecule has 2 aliphatic heterocycles. The summed E-state index contributed by atoms with van der Waals surface area (Å²) >= 11 is 0. The van der Waals surface area contributed by atoms with E-state index in [2.05, 4.69) is 0 Å². The van der Waals surface area contributed by atoms with Crippen LogP contribution in [0.4, 0.5) is 0 Å². The molecule has 2 N–H and O–H groups in total. The second kappa shape index (κ2) is 4.80. The second-order valence-electron chi connectivity index (χ2n) is 5.66. The van der Waals surface area contributed by atoms with Crippen LogP contribution >= 0.6 is 0 Å². The fourth-order valence-corrected chi connectivity index (χ4v) is 2.77. The number of rotatable bonds is 3. The van der Waals surface area contributed by atoms with E-state index >= 15 is 0 Å². The van der Waals surface area contributed by atoms with Gasteiger partial charge in [0.05, 0.1) is 6.61 Å². The van der Waals surface area contributed by atoms with Gasteiger partial charge in [-0.05, 0) is 19.9 Å². The molecule has 6 heteroatoms. The first-order valence-electron chi connectivity index (χ1n) is 6.71. The maximum atomic E-state index is 11.2. The zero-order valence-corrected chi connectivity index (χ0v) is 11.6. The van der Waals surface area contributed by atoms with Crippen molar-refractivity contribution in [3.8, 4) is 0 Å². The Labute approximate surface area is 117 Å². The number of nitrogens with two attached hydrogens (primary N) is 1. The smallest absolute Gasteiger partial charge is 0.254 e. The summed E-state index contributed by atoms with van der Waals surface area (Å²) in [5, 5.41) is 0. The van der Waals surface area contributed by atoms with Crippen molar-refractivity contribution in [2.75, 3.05) is 6.61 Å². The van der Waals surface area contributed by atoms with E-state index in [-0.39, 0.29) is 18.3 Å². The monoisotopic (exact) mass is 279 g/mol. The Kier molecular flexibility index (Phi) is 3.24. The fourth-order valence-electron chi connectivity index (χ4n) is 2.77. The lowest BCUT2D eigenvalue weighted by molar-refractivity contribution is -0.704. The third kappa shape index (κ3) is 2.54. The highest BCUT2D eigenvalue weighted by molar-refractivity contribution is 5.92. The average Bonchev–Trinajstić information content (AvgIpc) is 2.86. The van der Waals surface area contributed by atoms with Gasteiger partial charge < -0.3 is 19.9 Å². The summed E-state index contributed by atoms with van der Waals surface area (Å²) < 4.78 is 19.3. The first-order chi connectivity index (χ1) is 9.44. The van der Waals surface area contributed by atoms with Crippen molar-refractivity contribution >= 4 is 5.91 Å². The van der Waals surface area contributed by atoms with Crippen LogP contribution in [0.3, 0.4) is 0 Å². The molecule has 0 aliphatic carbocycles. The van der Waals surface area contributed by atoms with Gasteiger partial charge in [0.15, 0.2) is 24.7 Å². The normalized spacial score (nSPS) is 31.2. The number of pyridine rings is 1. The lowest BCUT2D eigenvalue weighted by Gasteiger charge is -2.20. The topological polar surface area (TPSA) is 74.7 Å². The molecule has 1 aromatic heterocycles. The van der Waals surface area contributed by atoms with Gasteiger partial charge in [-0.1, -0.05) is 0 Å². The SMILES string of the molecule is CC1(C)O[C@H]2[C@H](CO[C@@H]2C[n+]2cccc(C(N)=O)c2)O1. The summed E-state index contributed by atoms with van der Waals surface area (Å²) in [7, 11) is 0. The van der Waals surface area contributed by atoms with Crippen molar-refractivity contribution in [2.45, 2.75) is 44.5 Å². The Morgan fingerprint density at radius 1 is 1.50 bits per heavy atom. The molecule has 2 fully saturated rings.